The Balaban J connectivity index is 1.65. The molecule has 2 aliphatic heterocycles. The fraction of sp³-hybridized carbons (Fsp3) is 0.188. The van der Waals surface area contributed by atoms with Crippen molar-refractivity contribution in [2.75, 3.05) is 18.4 Å². The molecule has 2 heterocycles. The van der Waals surface area contributed by atoms with Gasteiger partial charge in [0.25, 0.3) is 0 Å². The number of sulfonamides is 1. The predicted molar refractivity (Wildman–Crippen MR) is 81.9 cm³/mol. The number of fused-ring (bicyclic) bond motifs is 2. The Hall–Kier alpha value is -2.02. The molecule has 4 rings (SSSR count). The van der Waals surface area contributed by atoms with Crippen molar-refractivity contribution in [1.29, 1.82) is 0 Å². The standard InChI is InChI=1S/C16H14N2O3S/c19-15-16(13-8-4-5-9-14(13)17-15)10-18(11-16)22(20,21)12-6-2-1-3-7-12/h1-9H,10-11H2,(H-,17,19,20,21). The van der Waals surface area contributed by atoms with E-state index >= 15 is 0 Å². The number of carbonyl (C=O) groups is 1. The molecular formula is C16H14N2O3S. The van der Waals surface area contributed by atoms with Gasteiger partial charge in [-0.25, -0.2) is 0 Å². The second-order valence-electron chi connectivity index (χ2n) is 5.67. The highest BCUT2D eigenvalue weighted by Gasteiger charge is 2.60. The highest BCUT2D eigenvalue weighted by molar-refractivity contribution is 7.95. The summed E-state index contributed by atoms with van der Waals surface area (Å²) in [4.78, 5) is 12.6. The SMILES string of the molecule is O=C1Nc2ccccc2C12CN([S+](=O)([O-])c1ccccc1)C2. The van der Waals surface area contributed by atoms with Gasteiger partial charge in [0.2, 0.25) is 5.91 Å². The molecule has 1 unspecified atom stereocenters. The van der Waals surface area contributed by atoms with E-state index in [2.05, 4.69) is 5.32 Å². The molecule has 2 aromatic carbocycles. The van der Waals surface area contributed by atoms with Gasteiger partial charge in [-0.3, -0.25) is 4.79 Å². The molecule has 0 aromatic heterocycles. The predicted octanol–water partition coefficient (Wildman–Crippen LogP) is 1.80. The van der Waals surface area contributed by atoms with E-state index in [0.29, 0.717) is 0 Å². The van der Waals surface area contributed by atoms with Crippen LogP contribution in [0.1, 0.15) is 5.56 Å². The van der Waals surface area contributed by atoms with Crippen molar-refractivity contribution in [2.24, 2.45) is 0 Å². The van der Waals surface area contributed by atoms with Crippen LogP contribution < -0.4 is 5.32 Å². The van der Waals surface area contributed by atoms with E-state index in [9.17, 15) is 13.6 Å². The zero-order valence-electron chi connectivity index (χ0n) is 11.7. The third-order valence-electron chi connectivity index (χ3n) is 4.40. The molecule has 1 saturated heterocycles. The number of amides is 1. The molecule has 1 fully saturated rings. The molecule has 0 bridgehead atoms. The maximum atomic E-state index is 12.6. The summed E-state index contributed by atoms with van der Waals surface area (Å²) < 4.78 is 26.5. The molecule has 1 atom stereocenters. The average Bonchev–Trinajstić information content (AvgIpc) is 2.78. The number of para-hydroxylation sites is 1. The maximum absolute atomic E-state index is 12.6. The monoisotopic (exact) mass is 314 g/mol. The lowest BCUT2D eigenvalue weighted by Crippen LogP contribution is -2.65. The van der Waals surface area contributed by atoms with Crippen molar-refractivity contribution < 1.29 is 13.6 Å². The smallest absolute Gasteiger partial charge is 0.238 e. The lowest BCUT2D eigenvalue weighted by molar-refractivity contribution is -0.124. The van der Waals surface area contributed by atoms with E-state index in [4.69, 9.17) is 0 Å². The Morgan fingerprint density at radius 1 is 1.05 bits per heavy atom. The van der Waals surface area contributed by atoms with Gasteiger partial charge < -0.3 is 9.87 Å². The number of nitrogens with zero attached hydrogens (tertiary/aromatic N) is 1. The molecule has 2 aromatic rings. The quantitative estimate of drug-likeness (QED) is 0.859. The van der Waals surface area contributed by atoms with Crippen LogP contribution >= 0.6 is 0 Å². The number of hydrogen-bond acceptors (Lipinski definition) is 3. The van der Waals surface area contributed by atoms with Crippen LogP contribution in [0, 0.1) is 0 Å². The summed E-state index contributed by atoms with van der Waals surface area (Å²) in [6.45, 7) is 0.375. The first-order valence-electron chi connectivity index (χ1n) is 7.00. The highest BCUT2D eigenvalue weighted by atomic mass is 32.3. The van der Waals surface area contributed by atoms with Gasteiger partial charge in [0.1, 0.15) is 5.41 Å². The number of nitrogens with one attached hydrogen (secondary N) is 1. The third-order valence-corrected chi connectivity index (χ3v) is 6.20. The number of rotatable bonds is 2. The van der Waals surface area contributed by atoms with Crippen molar-refractivity contribution in [2.45, 2.75) is 10.3 Å². The Morgan fingerprint density at radius 3 is 2.41 bits per heavy atom. The van der Waals surface area contributed by atoms with Gasteiger partial charge in [-0.05, 0) is 23.8 Å². The zero-order chi connectivity index (χ0) is 15.4. The zero-order valence-corrected chi connectivity index (χ0v) is 12.5. The Bertz CT molecular complexity index is 800. The Morgan fingerprint density at radius 2 is 1.68 bits per heavy atom. The van der Waals surface area contributed by atoms with Gasteiger partial charge in [-0.15, -0.1) is 4.31 Å². The lowest BCUT2D eigenvalue weighted by atomic mass is 9.76. The summed E-state index contributed by atoms with van der Waals surface area (Å²) >= 11 is 0. The first-order valence-corrected chi connectivity index (χ1v) is 8.44. The molecule has 0 radical (unpaired) electrons. The van der Waals surface area contributed by atoms with Gasteiger partial charge in [-0.2, -0.15) is 0 Å². The topological polar surface area (TPSA) is 72.5 Å². The van der Waals surface area contributed by atoms with Crippen LogP contribution in [0.5, 0.6) is 0 Å². The second kappa shape index (κ2) is 4.49. The number of anilines is 1. The van der Waals surface area contributed by atoms with Gasteiger partial charge in [0.05, 0.1) is 13.1 Å². The molecule has 2 aliphatic rings. The Labute approximate surface area is 129 Å². The van der Waals surface area contributed by atoms with Crippen LogP contribution in [-0.2, 0) is 24.8 Å². The summed E-state index contributed by atoms with van der Waals surface area (Å²) in [5, 5.41) is 2.84. The van der Waals surface area contributed by atoms with Crippen LogP contribution in [0.2, 0.25) is 0 Å². The molecular weight excluding hydrogens is 300 g/mol. The summed E-state index contributed by atoms with van der Waals surface area (Å²) in [5.74, 6) is -0.117. The fourth-order valence-corrected chi connectivity index (χ4v) is 4.73. The Kier molecular flexibility index (Phi) is 2.78. The minimum Gasteiger partial charge on any atom is -0.593 e. The van der Waals surface area contributed by atoms with Crippen LogP contribution in [0.3, 0.4) is 0 Å². The fourth-order valence-electron chi connectivity index (χ4n) is 3.15. The number of hydrogen-bond donors (Lipinski definition) is 1. The first kappa shape index (κ1) is 13.6. The average molecular weight is 314 g/mol. The molecule has 1 amide bonds. The van der Waals surface area contributed by atoms with Crippen molar-refractivity contribution >= 4 is 22.0 Å². The maximum Gasteiger partial charge on any atom is 0.238 e. The van der Waals surface area contributed by atoms with Crippen LogP contribution in [0.25, 0.3) is 0 Å². The van der Waals surface area contributed by atoms with E-state index < -0.39 is 15.8 Å². The van der Waals surface area contributed by atoms with E-state index in [0.717, 1.165) is 11.3 Å². The van der Waals surface area contributed by atoms with Gasteiger partial charge >= 0.3 is 0 Å². The summed E-state index contributed by atoms with van der Waals surface area (Å²) in [6, 6.07) is 15.8. The van der Waals surface area contributed by atoms with Crippen molar-refractivity contribution in [3.8, 4) is 0 Å². The van der Waals surface area contributed by atoms with Gasteiger partial charge in [0, 0.05) is 5.69 Å². The molecule has 0 aliphatic carbocycles. The number of carbonyl (C=O) groups excluding carboxylic acids is 1. The second-order valence-corrected chi connectivity index (χ2v) is 7.61. The minimum atomic E-state index is -3.54. The van der Waals surface area contributed by atoms with Crippen LogP contribution in [0.15, 0.2) is 59.5 Å². The molecule has 22 heavy (non-hydrogen) atoms. The van der Waals surface area contributed by atoms with E-state index in [-0.39, 0.29) is 23.9 Å². The van der Waals surface area contributed by atoms with E-state index in [1.54, 1.807) is 30.3 Å². The summed E-state index contributed by atoms with van der Waals surface area (Å²) in [5.41, 5.74) is 0.933. The van der Waals surface area contributed by atoms with Crippen molar-refractivity contribution in [3.05, 3.63) is 60.2 Å². The van der Waals surface area contributed by atoms with Crippen molar-refractivity contribution in [3.63, 3.8) is 0 Å². The van der Waals surface area contributed by atoms with Crippen LogP contribution in [-0.4, -0.2) is 27.9 Å². The molecule has 5 nitrogen and oxygen atoms in total. The largest absolute Gasteiger partial charge is 0.593 e. The normalized spacial score (nSPS) is 21.8. The summed E-state index contributed by atoms with van der Waals surface area (Å²) in [7, 11) is -3.54. The molecule has 0 saturated carbocycles. The third kappa shape index (κ3) is 1.71. The molecule has 6 heteroatoms. The van der Waals surface area contributed by atoms with E-state index in [1.165, 1.54) is 4.31 Å². The van der Waals surface area contributed by atoms with Gasteiger partial charge in [-0.1, -0.05) is 40.6 Å². The minimum absolute atomic E-state index is 0.117. The molecule has 112 valence electrons. The molecule has 1 spiro atoms. The lowest BCUT2D eigenvalue weighted by Gasteiger charge is -2.45. The van der Waals surface area contributed by atoms with Crippen LogP contribution in [0.4, 0.5) is 5.69 Å². The molecule has 1 N–H and O–H groups in total. The van der Waals surface area contributed by atoms with Crippen molar-refractivity contribution in [1.82, 2.24) is 4.31 Å². The van der Waals surface area contributed by atoms with E-state index in [1.807, 2.05) is 24.3 Å². The highest BCUT2D eigenvalue weighted by Crippen LogP contribution is 2.46. The number of benzene rings is 2. The van der Waals surface area contributed by atoms with Gasteiger partial charge in [0.15, 0.2) is 15.3 Å². The summed E-state index contributed by atoms with van der Waals surface area (Å²) in [6.07, 6.45) is 0. The first-order chi connectivity index (χ1) is 10.5.